The van der Waals surface area contributed by atoms with E-state index >= 15 is 0 Å². The average Bonchev–Trinajstić information content (AvgIpc) is 2.29. The summed E-state index contributed by atoms with van der Waals surface area (Å²) in [6.45, 7) is 5.10. The van der Waals surface area contributed by atoms with Gasteiger partial charge in [-0.05, 0) is 36.7 Å². The predicted molar refractivity (Wildman–Crippen MR) is 87.3 cm³/mol. The van der Waals surface area contributed by atoms with Crippen molar-refractivity contribution in [2.75, 3.05) is 25.1 Å². The second-order valence-electron chi connectivity index (χ2n) is 5.15. The zero-order valence-corrected chi connectivity index (χ0v) is 14.4. The Labute approximate surface area is 146 Å². The minimum absolute atomic E-state index is 0. The molecule has 2 rings (SSSR count). The molecule has 0 saturated carbocycles. The molecule has 0 aromatic heterocycles. The van der Waals surface area contributed by atoms with E-state index < -0.39 is 7.82 Å². The van der Waals surface area contributed by atoms with Crippen LogP contribution in [0.1, 0.15) is 33.1 Å². The fraction of sp³-hybridized carbons (Fsp3) is 1.00. The molecule has 20 heavy (non-hydrogen) atoms. The van der Waals surface area contributed by atoms with Crippen molar-refractivity contribution in [1.29, 1.82) is 0 Å². The fourth-order valence-electron chi connectivity index (χ4n) is 1.31. The summed E-state index contributed by atoms with van der Waals surface area (Å²) < 4.78 is 13.6. The van der Waals surface area contributed by atoms with E-state index in [9.17, 15) is 0 Å². The Morgan fingerprint density at radius 3 is 1.75 bits per heavy atom. The van der Waals surface area contributed by atoms with Gasteiger partial charge in [-0.3, -0.25) is 0 Å². The van der Waals surface area contributed by atoms with Crippen molar-refractivity contribution in [1.82, 2.24) is 0 Å². The summed E-state index contributed by atoms with van der Waals surface area (Å²) in [5.74, 6) is 0. The molecule has 1 unspecified atom stereocenters. The maximum absolute atomic E-state index is 8.88. The number of hydrogen-bond acceptors (Lipinski definition) is 3. The third kappa shape index (κ3) is 22.2. The van der Waals surface area contributed by atoms with Crippen LogP contribution in [0, 0.1) is 5.41 Å². The van der Waals surface area contributed by atoms with Gasteiger partial charge in [0, 0.05) is 0 Å². The van der Waals surface area contributed by atoms with E-state index in [-0.39, 0.29) is 29.6 Å². The molecule has 0 amide bonds. The van der Waals surface area contributed by atoms with Gasteiger partial charge in [0.05, 0.1) is 15.4 Å². The Hall–Kier alpha value is 1.89. The van der Waals surface area contributed by atoms with Gasteiger partial charge in [0.15, 0.2) is 0 Å². The molecule has 2 heterocycles. The van der Waals surface area contributed by atoms with Crippen LogP contribution in [0.3, 0.4) is 0 Å². The molecule has 0 aromatic carbocycles. The van der Waals surface area contributed by atoms with Gasteiger partial charge in [0.1, 0.15) is 0 Å². The summed E-state index contributed by atoms with van der Waals surface area (Å²) in [5, 5.41) is 0. The van der Waals surface area contributed by atoms with Crippen molar-refractivity contribution < 1.29 is 28.8 Å². The van der Waals surface area contributed by atoms with Crippen molar-refractivity contribution >= 4 is 54.8 Å². The van der Waals surface area contributed by atoms with Gasteiger partial charge < -0.3 is 14.7 Å². The van der Waals surface area contributed by atoms with Crippen LogP contribution in [0.4, 0.5) is 0 Å². The minimum atomic E-state index is -4.64. The Morgan fingerprint density at radius 2 is 1.60 bits per heavy atom. The van der Waals surface area contributed by atoms with Crippen molar-refractivity contribution in [3.05, 3.63) is 0 Å². The van der Waals surface area contributed by atoms with Gasteiger partial charge in [0.25, 0.3) is 0 Å². The summed E-state index contributed by atoms with van der Waals surface area (Å²) in [6, 6.07) is 0. The molecule has 0 spiro atoms. The van der Waals surface area contributed by atoms with Crippen LogP contribution in [0.5, 0.6) is 0 Å². The zero-order chi connectivity index (χ0) is 14.8. The molecule has 3 N–H and O–H groups in total. The molecule has 2 saturated heterocycles. The zero-order valence-electron chi connectivity index (χ0n) is 11.5. The van der Waals surface area contributed by atoms with Crippen LogP contribution in [0.25, 0.3) is 0 Å². The van der Waals surface area contributed by atoms with Crippen LogP contribution in [-0.2, 0) is 14.1 Å². The Bertz CT molecular complexity index is 242. The molecule has 0 bridgehead atoms. The van der Waals surface area contributed by atoms with Crippen molar-refractivity contribution in [2.45, 2.75) is 33.1 Å². The second kappa shape index (κ2) is 13.3. The van der Waals surface area contributed by atoms with Crippen LogP contribution < -0.4 is 0 Å². The van der Waals surface area contributed by atoms with Crippen LogP contribution in [0.2, 0.25) is 0 Å². The molecular formula is C10H26NaO6P3. The molecule has 2 aliphatic rings. The van der Waals surface area contributed by atoms with Crippen molar-refractivity contribution in [3.63, 3.8) is 0 Å². The Balaban J connectivity index is 0. The predicted octanol–water partition coefficient (Wildman–Crippen LogP) is 1.84. The molecule has 0 aromatic rings. The summed E-state index contributed by atoms with van der Waals surface area (Å²) in [7, 11) is -2.81. The van der Waals surface area contributed by atoms with E-state index in [1.807, 2.05) is 0 Å². The number of rotatable bonds is 0. The average molecular weight is 358 g/mol. The third-order valence-electron chi connectivity index (χ3n) is 2.33. The molecule has 0 radical (unpaired) electrons. The molecule has 2 fully saturated rings. The first-order chi connectivity index (χ1) is 8.71. The molecule has 1 atom stereocenters. The molecule has 2 aliphatic heterocycles. The molecule has 10 heteroatoms. The maximum atomic E-state index is 8.88. The van der Waals surface area contributed by atoms with E-state index in [0.717, 1.165) is 12.8 Å². The Morgan fingerprint density at radius 1 is 1.10 bits per heavy atom. The van der Waals surface area contributed by atoms with Gasteiger partial charge in [-0.25, -0.2) is 14.1 Å². The first-order valence-electron chi connectivity index (χ1n) is 6.21. The standard InChI is InChI=1S/C5H11O2P.C5H11P.Na.H3O4P.H/c1-5(2)3-6-7-8-4-5;1-2-4-6-5-3-1;;1-5(2,3)4;/h8H,3-4H2,1-2H3;6H,1-5H2;;(H3,1,2,3,4);. The van der Waals surface area contributed by atoms with E-state index in [4.69, 9.17) is 28.8 Å². The topological polar surface area (TPSA) is 96.2 Å². The molecule has 118 valence electrons. The van der Waals surface area contributed by atoms with Crippen molar-refractivity contribution in [3.8, 4) is 0 Å². The van der Waals surface area contributed by atoms with Gasteiger partial charge in [-0.15, -0.1) is 8.58 Å². The number of hydrogen-bond donors (Lipinski definition) is 3. The van der Waals surface area contributed by atoms with Gasteiger partial charge in [-0.1, -0.05) is 20.3 Å². The van der Waals surface area contributed by atoms with E-state index in [2.05, 4.69) is 13.8 Å². The summed E-state index contributed by atoms with van der Waals surface area (Å²) in [4.78, 5) is 26.4. The number of phosphoric acid groups is 1. The third-order valence-corrected chi connectivity index (χ3v) is 5.08. The normalized spacial score (nSPS) is 22.4. The fourth-order valence-corrected chi connectivity index (χ4v) is 3.25. The SMILES string of the molecule is C1CCPCC1.CC1(C)COOPC1.O=P(O)(O)O.[NaH]. The van der Waals surface area contributed by atoms with Gasteiger partial charge in [-0.2, -0.15) is 0 Å². The van der Waals surface area contributed by atoms with Gasteiger partial charge >= 0.3 is 37.4 Å². The van der Waals surface area contributed by atoms with Gasteiger partial charge in [0.2, 0.25) is 0 Å². The summed E-state index contributed by atoms with van der Waals surface area (Å²) in [6.07, 6.45) is 8.72. The molecular weight excluding hydrogens is 332 g/mol. The summed E-state index contributed by atoms with van der Waals surface area (Å²) in [5.41, 5.74) is 0.344. The first kappa shape index (κ1) is 24.1. The van der Waals surface area contributed by atoms with Crippen LogP contribution in [0.15, 0.2) is 0 Å². The van der Waals surface area contributed by atoms with Crippen LogP contribution >= 0.6 is 25.2 Å². The monoisotopic (exact) mass is 358 g/mol. The summed E-state index contributed by atoms with van der Waals surface area (Å²) >= 11 is 0. The second-order valence-corrected chi connectivity index (χ2v) is 8.49. The van der Waals surface area contributed by atoms with E-state index in [1.165, 1.54) is 40.2 Å². The van der Waals surface area contributed by atoms with Crippen molar-refractivity contribution in [2.24, 2.45) is 5.41 Å². The quantitative estimate of drug-likeness (QED) is 0.347. The molecule has 0 aliphatic carbocycles. The van der Waals surface area contributed by atoms with E-state index in [1.54, 1.807) is 0 Å². The van der Waals surface area contributed by atoms with Crippen LogP contribution in [-0.4, -0.2) is 69.3 Å². The molecule has 6 nitrogen and oxygen atoms in total. The first-order valence-corrected chi connectivity index (χ1v) is 10.3. The van der Waals surface area contributed by atoms with E-state index in [0.29, 0.717) is 14.2 Å². The Kier molecular flexibility index (Phi) is 16.1.